The van der Waals surface area contributed by atoms with Gasteiger partial charge in [0.2, 0.25) is 5.91 Å². The Labute approximate surface area is 166 Å². The number of aromatic hydroxyl groups is 2. The number of carbonyl (C=O) groups is 2. The summed E-state index contributed by atoms with van der Waals surface area (Å²) in [5, 5.41) is 31.0. The fourth-order valence-corrected chi connectivity index (χ4v) is 2.82. The molecule has 0 aliphatic carbocycles. The van der Waals surface area contributed by atoms with E-state index in [1.165, 1.54) is 19.4 Å². The van der Waals surface area contributed by atoms with Crippen molar-refractivity contribution in [3.8, 4) is 17.6 Å². The van der Waals surface area contributed by atoms with Crippen LogP contribution in [0.25, 0.3) is 0 Å². The smallest absolute Gasteiger partial charge is 0.341 e. The number of rotatable bonds is 7. The molecular formula is C19H18ClN3O5. The number of anilines is 1. The summed E-state index contributed by atoms with van der Waals surface area (Å²) >= 11 is 6.07. The molecule has 0 unspecified atom stereocenters. The predicted molar refractivity (Wildman–Crippen MR) is 101 cm³/mol. The van der Waals surface area contributed by atoms with E-state index in [-0.39, 0.29) is 40.6 Å². The maximum absolute atomic E-state index is 12.0. The van der Waals surface area contributed by atoms with Crippen LogP contribution in [0.4, 0.5) is 5.82 Å². The largest absolute Gasteiger partial charge is 0.507 e. The van der Waals surface area contributed by atoms with Gasteiger partial charge >= 0.3 is 5.97 Å². The molecule has 0 saturated carbocycles. The quantitative estimate of drug-likeness (QED) is 0.477. The number of halogens is 1. The SMILES string of the molecule is COC(=O)c1c(O)cc(O)c(Cl)c1CCCCC(=O)Nc1ccc(C#N)cn1. The normalized spacial score (nSPS) is 10.2. The average molecular weight is 404 g/mol. The molecule has 146 valence electrons. The molecule has 0 fully saturated rings. The van der Waals surface area contributed by atoms with E-state index in [0.717, 1.165) is 6.07 Å². The Morgan fingerprint density at radius 3 is 2.64 bits per heavy atom. The number of phenols is 2. The molecule has 0 aliphatic rings. The number of phenolic OH excluding ortho intramolecular Hbond substituents is 2. The first-order chi connectivity index (χ1) is 13.4. The summed E-state index contributed by atoms with van der Waals surface area (Å²) in [5.41, 5.74) is 0.558. The van der Waals surface area contributed by atoms with Gasteiger partial charge in [0.1, 0.15) is 28.9 Å². The lowest BCUT2D eigenvalue weighted by molar-refractivity contribution is -0.116. The van der Waals surface area contributed by atoms with Crippen LogP contribution >= 0.6 is 11.6 Å². The Morgan fingerprint density at radius 1 is 1.29 bits per heavy atom. The number of hydrogen-bond donors (Lipinski definition) is 3. The zero-order chi connectivity index (χ0) is 20.7. The molecule has 1 aromatic heterocycles. The van der Waals surface area contributed by atoms with Crippen molar-refractivity contribution in [2.24, 2.45) is 0 Å². The first kappa shape index (κ1) is 21.0. The number of unbranched alkanes of at least 4 members (excludes halogenated alkanes) is 1. The van der Waals surface area contributed by atoms with Crippen LogP contribution in [0.1, 0.15) is 40.7 Å². The number of methoxy groups -OCH3 is 1. The molecule has 2 rings (SSSR count). The van der Waals surface area contributed by atoms with Crippen LogP contribution in [0.2, 0.25) is 5.02 Å². The molecule has 1 aromatic carbocycles. The highest BCUT2D eigenvalue weighted by molar-refractivity contribution is 6.33. The average Bonchev–Trinajstić information content (AvgIpc) is 2.68. The minimum atomic E-state index is -0.765. The third-order valence-electron chi connectivity index (χ3n) is 3.95. The zero-order valence-corrected chi connectivity index (χ0v) is 15.8. The number of amides is 1. The van der Waals surface area contributed by atoms with E-state index < -0.39 is 11.7 Å². The van der Waals surface area contributed by atoms with Gasteiger partial charge in [-0.3, -0.25) is 4.79 Å². The fraction of sp³-hybridized carbons (Fsp3) is 0.263. The Morgan fingerprint density at radius 2 is 2.04 bits per heavy atom. The number of hydrogen-bond acceptors (Lipinski definition) is 7. The number of ether oxygens (including phenoxy) is 1. The van der Waals surface area contributed by atoms with Gasteiger partial charge in [-0.25, -0.2) is 9.78 Å². The van der Waals surface area contributed by atoms with Crippen molar-refractivity contribution in [2.75, 3.05) is 12.4 Å². The Kier molecular flexibility index (Phi) is 7.18. The van der Waals surface area contributed by atoms with Crippen LogP contribution in [-0.4, -0.2) is 34.2 Å². The number of carbonyl (C=O) groups excluding carboxylic acids is 2. The molecule has 0 aliphatic heterocycles. The Hall–Kier alpha value is -3.31. The second kappa shape index (κ2) is 9.58. The fourth-order valence-electron chi connectivity index (χ4n) is 2.58. The van der Waals surface area contributed by atoms with Crippen LogP contribution in [0.5, 0.6) is 11.5 Å². The van der Waals surface area contributed by atoms with Crippen molar-refractivity contribution in [1.29, 1.82) is 5.26 Å². The topological polar surface area (TPSA) is 133 Å². The van der Waals surface area contributed by atoms with Gasteiger partial charge in [-0.05, 0) is 37.0 Å². The number of nitrogens with one attached hydrogen (secondary N) is 1. The van der Waals surface area contributed by atoms with Crippen molar-refractivity contribution in [2.45, 2.75) is 25.7 Å². The number of pyridine rings is 1. The van der Waals surface area contributed by atoms with Gasteiger partial charge in [-0.15, -0.1) is 0 Å². The van der Waals surface area contributed by atoms with Crippen molar-refractivity contribution in [1.82, 2.24) is 4.98 Å². The van der Waals surface area contributed by atoms with E-state index in [1.54, 1.807) is 6.07 Å². The zero-order valence-electron chi connectivity index (χ0n) is 15.0. The predicted octanol–water partition coefficient (Wildman–Crippen LogP) is 3.16. The summed E-state index contributed by atoms with van der Waals surface area (Å²) in [6, 6.07) is 6.01. The van der Waals surface area contributed by atoms with Gasteiger partial charge in [0.15, 0.2) is 0 Å². The third kappa shape index (κ3) is 5.11. The van der Waals surface area contributed by atoms with Crippen LogP contribution in [0, 0.1) is 11.3 Å². The van der Waals surface area contributed by atoms with Gasteiger partial charge in [0.25, 0.3) is 0 Å². The maximum Gasteiger partial charge on any atom is 0.341 e. The van der Waals surface area contributed by atoms with E-state index >= 15 is 0 Å². The first-order valence-electron chi connectivity index (χ1n) is 8.35. The van der Waals surface area contributed by atoms with Gasteiger partial charge in [0, 0.05) is 18.7 Å². The molecule has 28 heavy (non-hydrogen) atoms. The first-order valence-corrected chi connectivity index (χ1v) is 8.72. The van der Waals surface area contributed by atoms with Gasteiger partial charge in [-0.2, -0.15) is 5.26 Å². The molecule has 0 saturated heterocycles. The van der Waals surface area contributed by atoms with Crippen LogP contribution in [-0.2, 0) is 16.0 Å². The van der Waals surface area contributed by atoms with Gasteiger partial charge < -0.3 is 20.3 Å². The van der Waals surface area contributed by atoms with E-state index in [1.807, 2.05) is 6.07 Å². The molecule has 1 amide bonds. The highest BCUT2D eigenvalue weighted by Crippen LogP contribution is 2.37. The molecular weight excluding hydrogens is 386 g/mol. The van der Waals surface area contributed by atoms with Gasteiger partial charge in [-0.1, -0.05) is 11.6 Å². The molecule has 0 bridgehead atoms. The lowest BCUT2D eigenvalue weighted by atomic mass is 9.99. The van der Waals surface area contributed by atoms with Crippen LogP contribution < -0.4 is 5.32 Å². The number of nitriles is 1. The molecule has 2 aromatic rings. The maximum atomic E-state index is 12.0. The monoisotopic (exact) mass is 403 g/mol. The van der Waals surface area contributed by atoms with Crippen molar-refractivity contribution in [3.63, 3.8) is 0 Å². The van der Waals surface area contributed by atoms with E-state index in [9.17, 15) is 19.8 Å². The highest BCUT2D eigenvalue weighted by Gasteiger charge is 2.22. The molecule has 1 heterocycles. The lowest BCUT2D eigenvalue weighted by Gasteiger charge is -2.13. The minimum Gasteiger partial charge on any atom is -0.507 e. The van der Waals surface area contributed by atoms with E-state index in [4.69, 9.17) is 16.9 Å². The van der Waals surface area contributed by atoms with Crippen LogP contribution in [0.15, 0.2) is 24.4 Å². The number of benzene rings is 1. The number of esters is 1. The van der Waals surface area contributed by atoms with Crippen LogP contribution in [0.3, 0.4) is 0 Å². The third-order valence-corrected chi connectivity index (χ3v) is 4.37. The summed E-state index contributed by atoms with van der Waals surface area (Å²) in [7, 11) is 1.17. The Balaban J connectivity index is 1.95. The van der Waals surface area contributed by atoms with Crippen molar-refractivity contribution >= 4 is 29.3 Å². The van der Waals surface area contributed by atoms with E-state index in [0.29, 0.717) is 24.2 Å². The highest BCUT2D eigenvalue weighted by atomic mass is 35.5. The second-order valence-electron chi connectivity index (χ2n) is 5.87. The van der Waals surface area contributed by atoms with E-state index in [2.05, 4.69) is 15.0 Å². The molecule has 9 heteroatoms. The standard InChI is InChI=1S/C19H18ClN3O5/c1-28-19(27)17-12(18(20)14(25)8-13(17)24)4-2-3-5-16(26)23-15-7-6-11(9-21)10-22-15/h6-8,10,24-25H,2-5H2,1H3,(H,22,23,26). The van der Waals surface area contributed by atoms with Crippen molar-refractivity contribution < 1.29 is 24.5 Å². The summed E-state index contributed by atoms with van der Waals surface area (Å²) < 4.78 is 4.65. The molecule has 0 spiro atoms. The summed E-state index contributed by atoms with van der Waals surface area (Å²) in [4.78, 5) is 27.8. The number of aromatic nitrogens is 1. The minimum absolute atomic E-state index is 0.0376. The number of nitrogens with zero attached hydrogens (tertiary/aromatic N) is 2. The Bertz CT molecular complexity index is 923. The molecule has 8 nitrogen and oxygen atoms in total. The molecule has 3 N–H and O–H groups in total. The molecule has 0 atom stereocenters. The van der Waals surface area contributed by atoms with Gasteiger partial charge in [0.05, 0.1) is 17.7 Å². The summed E-state index contributed by atoms with van der Waals surface area (Å²) in [6.07, 6.45) is 2.75. The van der Waals surface area contributed by atoms with Crippen molar-refractivity contribution in [3.05, 3.63) is 46.1 Å². The lowest BCUT2D eigenvalue weighted by Crippen LogP contribution is -2.12. The summed E-state index contributed by atoms with van der Waals surface area (Å²) in [6.45, 7) is 0. The second-order valence-corrected chi connectivity index (χ2v) is 6.25. The molecule has 0 radical (unpaired) electrons. The summed E-state index contributed by atoms with van der Waals surface area (Å²) in [5.74, 6) is -1.44.